The highest BCUT2D eigenvalue weighted by atomic mass is 16.8. The van der Waals surface area contributed by atoms with Gasteiger partial charge in [-0.3, -0.25) is 10.4 Å². The van der Waals surface area contributed by atoms with Gasteiger partial charge in [0.15, 0.2) is 0 Å². The average Bonchev–Trinajstić information content (AvgIpc) is 3.22. The Morgan fingerprint density at radius 3 is 1.47 bits per heavy atom. The van der Waals surface area contributed by atoms with Crippen molar-refractivity contribution in [3.8, 4) is 0 Å². The zero-order valence-electron chi connectivity index (χ0n) is 17.1. The fraction of sp³-hybridized carbons (Fsp3) is 0.0909. The minimum absolute atomic E-state index is 0.0185. The van der Waals surface area contributed by atoms with Crippen molar-refractivity contribution in [2.45, 2.75) is 12.1 Å². The molecule has 1 aromatic carbocycles. The first kappa shape index (κ1) is 21.2. The molecule has 2 aliphatic heterocycles. The molecule has 1 aromatic rings. The fourth-order valence-electron chi connectivity index (χ4n) is 4.34. The van der Waals surface area contributed by atoms with Gasteiger partial charge in [-0.15, -0.1) is 0 Å². The summed E-state index contributed by atoms with van der Waals surface area (Å²) >= 11 is 0. The highest BCUT2D eigenvalue weighted by molar-refractivity contribution is 6.04. The summed E-state index contributed by atoms with van der Waals surface area (Å²) in [5.41, 5.74) is 0.149. The lowest BCUT2D eigenvalue weighted by molar-refractivity contribution is -0.377. The Morgan fingerprint density at radius 2 is 1.09 bits per heavy atom. The van der Waals surface area contributed by atoms with E-state index < -0.39 is 33.4 Å². The number of benzene rings is 1. The van der Waals surface area contributed by atoms with Gasteiger partial charge in [-0.05, 0) is 34.4 Å². The predicted octanol–water partition coefficient (Wildman–Crippen LogP) is 0.213. The zero-order chi connectivity index (χ0) is 24.3. The molecule has 0 fully saturated rings. The Morgan fingerprint density at radius 1 is 0.676 bits per heavy atom. The molecule has 2 unspecified atom stereocenters. The van der Waals surface area contributed by atoms with E-state index in [1.165, 1.54) is 48.6 Å². The van der Waals surface area contributed by atoms with Crippen molar-refractivity contribution >= 4 is 11.4 Å². The second-order valence-corrected chi connectivity index (χ2v) is 7.81. The van der Waals surface area contributed by atoms with Crippen LogP contribution in [0.3, 0.4) is 0 Å². The van der Waals surface area contributed by atoms with Gasteiger partial charge in [0.25, 0.3) is 0 Å². The summed E-state index contributed by atoms with van der Waals surface area (Å²) in [6, 6.07) is 3.62. The van der Waals surface area contributed by atoms with Crippen molar-refractivity contribution in [1.82, 2.24) is 10.1 Å². The molecule has 0 aromatic heterocycles. The summed E-state index contributed by atoms with van der Waals surface area (Å²) in [5.74, 6) is -0.996. The predicted molar refractivity (Wildman–Crippen MR) is 112 cm³/mol. The summed E-state index contributed by atoms with van der Waals surface area (Å²) in [4.78, 5) is -1.29. The summed E-state index contributed by atoms with van der Waals surface area (Å²) in [5, 5.41) is 92.8. The van der Waals surface area contributed by atoms with Crippen LogP contribution < -0.4 is 10.2 Å². The van der Waals surface area contributed by atoms with E-state index in [2.05, 4.69) is 0 Å². The second-order valence-electron chi connectivity index (χ2n) is 7.81. The molecule has 4 aliphatic rings. The molecule has 0 saturated heterocycles. The van der Waals surface area contributed by atoms with Crippen LogP contribution in [-0.4, -0.2) is 41.8 Å². The maximum atomic E-state index is 13.0. The number of hydrogen-bond acceptors (Lipinski definition) is 10. The second kappa shape index (κ2) is 7.43. The van der Waals surface area contributed by atoms with E-state index in [1.54, 1.807) is 0 Å². The third-order valence-corrected chi connectivity index (χ3v) is 5.94. The van der Waals surface area contributed by atoms with E-state index in [9.17, 15) is 41.5 Å². The molecule has 0 bridgehead atoms. The van der Waals surface area contributed by atoms with Gasteiger partial charge in [-0.25, -0.2) is 10.1 Å². The lowest BCUT2D eigenvalue weighted by Crippen LogP contribution is -2.26. The van der Waals surface area contributed by atoms with Crippen LogP contribution in [0.4, 0.5) is 0 Å². The average molecular weight is 462 g/mol. The van der Waals surface area contributed by atoms with Crippen molar-refractivity contribution in [2.24, 2.45) is 0 Å². The SMILES string of the molecule is [O-]C1=C2C=CC(=[N+]([O-])[O-])C=C2N(O)C1c1cccc(C2C([O-])=C3C=CC(=[N+]([O-])[O-])C=C3N2O)c1. The normalized spacial score (nSPS) is 23.4. The molecule has 2 heterocycles. The van der Waals surface area contributed by atoms with Crippen molar-refractivity contribution in [3.05, 3.63) is 127 Å². The molecule has 12 heteroatoms. The Kier molecular flexibility index (Phi) is 4.63. The van der Waals surface area contributed by atoms with Crippen LogP contribution >= 0.6 is 0 Å². The van der Waals surface area contributed by atoms with Crippen molar-refractivity contribution < 1.29 is 30.4 Å². The van der Waals surface area contributed by atoms with Gasteiger partial charge in [0.05, 0.1) is 23.5 Å². The number of rotatable bonds is 2. The van der Waals surface area contributed by atoms with Gasteiger partial charge in [0, 0.05) is 24.3 Å². The van der Waals surface area contributed by atoms with E-state index in [0.29, 0.717) is 10.1 Å². The maximum absolute atomic E-state index is 13.0. The monoisotopic (exact) mass is 462 g/mol. The number of hydroxylamine groups is 4. The van der Waals surface area contributed by atoms with Crippen LogP contribution in [0, 0.1) is 20.8 Å². The van der Waals surface area contributed by atoms with E-state index in [0.717, 1.165) is 12.2 Å². The minimum Gasteiger partial charge on any atom is -0.873 e. The Hall–Kier alpha value is -4.68. The third kappa shape index (κ3) is 3.01. The summed E-state index contributed by atoms with van der Waals surface area (Å²) in [7, 11) is 0. The molecular formula is C22H14N4O8-4. The molecule has 12 nitrogen and oxygen atoms in total. The highest BCUT2D eigenvalue weighted by Gasteiger charge is 2.36. The topological polar surface area (TPSA) is 191 Å². The molecule has 34 heavy (non-hydrogen) atoms. The summed E-state index contributed by atoms with van der Waals surface area (Å²) < 4.78 is 0. The molecule has 2 aliphatic carbocycles. The van der Waals surface area contributed by atoms with Gasteiger partial charge in [0.1, 0.15) is 0 Å². The van der Waals surface area contributed by atoms with Crippen LogP contribution in [0.1, 0.15) is 23.2 Å². The first-order chi connectivity index (χ1) is 16.2. The lowest BCUT2D eigenvalue weighted by Gasteiger charge is -2.29. The van der Waals surface area contributed by atoms with Crippen molar-refractivity contribution in [3.63, 3.8) is 0 Å². The van der Waals surface area contributed by atoms with E-state index in [4.69, 9.17) is 0 Å². The number of nitrogens with zero attached hydrogens (tertiary/aromatic N) is 4. The van der Waals surface area contributed by atoms with Crippen molar-refractivity contribution in [1.29, 1.82) is 0 Å². The fourth-order valence-corrected chi connectivity index (χ4v) is 4.34. The molecule has 2 N–H and O–H groups in total. The number of fused-ring (bicyclic) bond motifs is 2. The molecule has 0 amide bonds. The molecule has 2 atom stereocenters. The summed E-state index contributed by atoms with van der Waals surface area (Å²) in [6.07, 6.45) is 7.05. The van der Waals surface area contributed by atoms with Crippen LogP contribution in [0.2, 0.25) is 0 Å². The molecule has 5 rings (SSSR count). The van der Waals surface area contributed by atoms with Gasteiger partial charge in [-0.1, -0.05) is 35.8 Å². The van der Waals surface area contributed by atoms with Gasteiger partial charge in [-0.2, -0.15) is 9.80 Å². The van der Waals surface area contributed by atoms with E-state index in [1.807, 2.05) is 0 Å². The van der Waals surface area contributed by atoms with Crippen LogP contribution in [-0.2, 0) is 0 Å². The first-order valence-corrected chi connectivity index (χ1v) is 9.90. The maximum Gasteiger partial charge on any atom is 0.224 e. The van der Waals surface area contributed by atoms with E-state index >= 15 is 0 Å². The van der Waals surface area contributed by atoms with Crippen LogP contribution in [0.15, 0.2) is 94.8 Å². The molecule has 0 saturated carbocycles. The van der Waals surface area contributed by atoms with Crippen molar-refractivity contribution in [2.75, 3.05) is 0 Å². The van der Waals surface area contributed by atoms with Gasteiger partial charge >= 0.3 is 0 Å². The quantitative estimate of drug-likeness (QED) is 0.453. The van der Waals surface area contributed by atoms with Gasteiger partial charge < -0.3 is 31.0 Å². The van der Waals surface area contributed by atoms with Crippen LogP contribution in [0.25, 0.3) is 0 Å². The Bertz CT molecular complexity index is 1260. The first-order valence-electron chi connectivity index (χ1n) is 9.90. The Labute approximate surface area is 191 Å². The molecule has 0 radical (unpaired) electrons. The third-order valence-electron chi connectivity index (χ3n) is 5.94. The summed E-state index contributed by atoms with van der Waals surface area (Å²) in [6.45, 7) is 0. The smallest absolute Gasteiger partial charge is 0.224 e. The number of hydrogen-bond donors (Lipinski definition) is 2. The standard InChI is InChI=1S/C22H16N4O8/c27-21-15-6-4-13(25(31)32)9-17(15)23(29)19(21)11-2-1-3-12(8-11)20-22(28)16-7-5-14(26(33)34)10-18(16)24(20)30/h1-10,19-20,29-30H,(H2-2,27,28,31,32,33,34)/q-2/p-2. The van der Waals surface area contributed by atoms with Crippen LogP contribution in [0.5, 0.6) is 0 Å². The molecular weight excluding hydrogens is 448 g/mol. The lowest BCUT2D eigenvalue weighted by atomic mass is 9.97. The van der Waals surface area contributed by atoms with E-state index in [-0.39, 0.29) is 45.1 Å². The largest absolute Gasteiger partial charge is 0.873 e. The minimum atomic E-state index is -1.22. The zero-order valence-corrected chi connectivity index (χ0v) is 17.1. The molecule has 174 valence electrons. The van der Waals surface area contributed by atoms with Gasteiger partial charge in [0.2, 0.25) is 11.4 Å². The number of allylic oxidation sites excluding steroid dienone is 6. The highest BCUT2D eigenvalue weighted by Crippen LogP contribution is 2.44. The Balaban J connectivity index is 1.53. The molecule has 0 spiro atoms.